The Morgan fingerprint density at radius 1 is 1.22 bits per heavy atom. The maximum atomic E-state index is 12.7. The summed E-state index contributed by atoms with van der Waals surface area (Å²) in [5.74, 6) is 0.424. The molecule has 1 aromatic rings. The Balaban J connectivity index is 1.71. The highest BCUT2D eigenvalue weighted by Gasteiger charge is 2.38. The number of amides is 2. The van der Waals surface area contributed by atoms with Gasteiger partial charge in [0.2, 0.25) is 5.91 Å². The first kappa shape index (κ1) is 15.9. The van der Waals surface area contributed by atoms with Crippen molar-refractivity contribution in [3.8, 4) is 0 Å². The summed E-state index contributed by atoms with van der Waals surface area (Å²) in [5, 5.41) is 0. The van der Waals surface area contributed by atoms with Gasteiger partial charge in [0.15, 0.2) is 0 Å². The molecule has 0 N–H and O–H groups in total. The molecule has 3 aliphatic heterocycles. The number of aromatic nitrogens is 1. The van der Waals surface area contributed by atoms with Crippen LogP contribution >= 0.6 is 0 Å². The van der Waals surface area contributed by atoms with Gasteiger partial charge in [0.1, 0.15) is 6.61 Å². The molecule has 3 fully saturated rings. The average Bonchev–Trinajstić information content (AvgIpc) is 2.91. The van der Waals surface area contributed by atoms with E-state index in [9.17, 15) is 9.59 Å². The van der Waals surface area contributed by atoms with Gasteiger partial charge in [0, 0.05) is 50.2 Å². The van der Waals surface area contributed by atoms with Crippen LogP contribution in [0.25, 0.3) is 0 Å². The van der Waals surface area contributed by atoms with Gasteiger partial charge in [0.05, 0.1) is 0 Å². The lowest BCUT2D eigenvalue weighted by Gasteiger charge is -2.36. The molecular formula is C17H23N3O3. The molecule has 3 saturated heterocycles. The second-order valence-electron chi connectivity index (χ2n) is 6.23. The number of pyridine rings is 1. The molecule has 0 saturated carbocycles. The maximum Gasteiger partial charge on any atom is 0.254 e. The molecular weight excluding hydrogens is 294 g/mol. The molecule has 0 aromatic carbocycles. The zero-order chi connectivity index (χ0) is 16.2. The van der Waals surface area contributed by atoms with Crippen LogP contribution in [0.2, 0.25) is 0 Å². The predicted octanol–water partition coefficient (Wildman–Crippen LogP) is 1.18. The first-order valence-corrected chi connectivity index (χ1v) is 8.25. The monoisotopic (exact) mass is 317 g/mol. The van der Waals surface area contributed by atoms with Crippen LogP contribution < -0.4 is 0 Å². The van der Waals surface area contributed by atoms with Crippen molar-refractivity contribution in [3.63, 3.8) is 0 Å². The van der Waals surface area contributed by atoms with E-state index in [0.717, 1.165) is 25.9 Å². The quantitative estimate of drug-likeness (QED) is 0.836. The highest BCUT2D eigenvalue weighted by atomic mass is 16.5. The molecule has 23 heavy (non-hydrogen) atoms. The van der Waals surface area contributed by atoms with Gasteiger partial charge in [0.25, 0.3) is 5.91 Å². The van der Waals surface area contributed by atoms with E-state index in [4.69, 9.17) is 4.74 Å². The molecule has 1 aromatic heterocycles. The van der Waals surface area contributed by atoms with Crippen molar-refractivity contribution < 1.29 is 14.3 Å². The minimum atomic E-state index is 0.0309. The first-order valence-electron chi connectivity index (χ1n) is 8.25. The molecule has 0 spiro atoms. The average molecular weight is 317 g/mol. The van der Waals surface area contributed by atoms with Gasteiger partial charge in [-0.05, 0) is 37.8 Å². The van der Waals surface area contributed by atoms with Gasteiger partial charge in [-0.2, -0.15) is 0 Å². The van der Waals surface area contributed by atoms with E-state index >= 15 is 0 Å². The lowest BCUT2D eigenvalue weighted by atomic mass is 9.95. The maximum absolute atomic E-state index is 12.7. The lowest BCUT2D eigenvalue weighted by molar-refractivity contribution is -0.140. The van der Waals surface area contributed by atoms with Crippen molar-refractivity contribution in [1.29, 1.82) is 0 Å². The van der Waals surface area contributed by atoms with Crippen LogP contribution in [0.5, 0.6) is 0 Å². The van der Waals surface area contributed by atoms with E-state index < -0.39 is 0 Å². The number of carbonyl (C=O) groups is 2. The Labute approximate surface area is 136 Å². The minimum absolute atomic E-state index is 0.0309. The molecule has 4 heterocycles. The van der Waals surface area contributed by atoms with Crippen LogP contribution in [0, 0.1) is 5.92 Å². The number of carbonyl (C=O) groups excluding carboxylic acids is 2. The number of hydrogen-bond donors (Lipinski definition) is 0. The number of nitrogens with zero attached hydrogens (tertiary/aromatic N) is 3. The molecule has 0 radical (unpaired) electrons. The minimum Gasteiger partial charge on any atom is -0.372 e. The largest absolute Gasteiger partial charge is 0.372 e. The zero-order valence-electron chi connectivity index (χ0n) is 13.5. The van der Waals surface area contributed by atoms with E-state index in [1.807, 2.05) is 16.7 Å². The van der Waals surface area contributed by atoms with E-state index in [-0.39, 0.29) is 24.5 Å². The predicted molar refractivity (Wildman–Crippen MR) is 84.9 cm³/mol. The number of rotatable bonds is 4. The summed E-state index contributed by atoms with van der Waals surface area (Å²) < 4.78 is 5.26. The highest BCUT2D eigenvalue weighted by Crippen LogP contribution is 2.28. The fraction of sp³-hybridized carbons (Fsp3) is 0.588. The number of hydrogen-bond acceptors (Lipinski definition) is 4. The third-order valence-corrected chi connectivity index (χ3v) is 4.68. The Morgan fingerprint density at radius 2 is 2.00 bits per heavy atom. The molecule has 3 aliphatic rings. The van der Waals surface area contributed by atoms with E-state index in [1.165, 1.54) is 0 Å². The molecule has 6 heteroatoms. The Hall–Kier alpha value is -1.95. The van der Waals surface area contributed by atoms with Crippen molar-refractivity contribution in [2.75, 3.05) is 32.8 Å². The summed E-state index contributed by atoms with van der Waals surface area (Å²) in [4.78, 5) is 32.8. The number of piperidine rings is 1. The van der Waals surface area contributed by atoms with Crippen molar-refractivity contribution in [2.45, 2.75) is 25.8 Å². The van der Waals surface area contributed by atoms with Crippen LogP contribution in [0.1, 0.15) is 30.1 Å². The van der Waals surface area contributed by atoms with Gasteiger partial charge in [-0.15, -0.1) is 0 Å². The lowest BCUT2D eigenvalue weighted by Crippen LogP contribution is -2.49. The third-order valence-electron chi connectivity index (χ3n) is 4.68. The second-order valence-corrected chi connectivity index (χ2v) is 6.23. The normalized spacial score (nSPS) is 23.7. The fourth-order valence-corrected chi connectivity index (χ4v) is 3.50. The standard InChI is InChI=1S/C17H23N3O3/c1-2-23-12-16(21)20-10-13-3-4-15(20)11-19(9-13)17(22)14-5-7-18-8-6-14/h5-8,13,15H,2-4,9-12H2,1H3/t13-,15+/m0/s1. The van der Waals surface area contributed by atoms with Crippen LogP contribution in [0.4, 0.5) is 0 Å². The van der Waals surface area contributed by atoms with Crippen molar-refractivity contribution >= 4 is 11.8 Å². The molecule has 0 aliphatic carbocycles. The third kappa shape index (κ3) is 3.52. The molecule has 4 rings (SSSR count). The van der Waals surface area contributed by atoms with Gasteiger partial charge in [-0.1, -0.05) is 0 Å². The van der Waals surface area contributed by atoms with Crippen LogP contribution in [0.15, 0.2) is 24.5 Å². The highest BCUT2D eigenvalue weighted by molar-refractivity contribution is 5.94. The molecule has 2 atom stereocenters. The molecule has 0 unspecified atom stereocenters. The smallest absolute Gasteiger partial charge is 0.254 e. The topological polar surface area (TPSA) is 62.7 Å². The number of ether oxygens (including phenoxy) is 1. The second kappa shape index (κ2) is 7.08. The summed E-state index contributed by atoms with van der Waals surface area (Å²) in [5.41, 5.74) is 0.661. The summed E-state index contributed by atoms with van der Waals surface area (Å²) in [7, 11) is 0. The van der Waals surface area contributed by atoms with Gasteiger partial charge < -0.3 is 14.5 Å². The van der Waals surface area contributed by atoms with E-state index in [0.29, 0.717) is 24.6 Å². The Bertz CT molecular complexity index is 563. The van der Waals surface area contributed by atoms with Crippen molar-refractivity contribution in [2.24, 2.45) is 5.92 Å². The van der Waals surface area contributed by atoms with Crippen LogP contribution in [0.3, 0.4) is 0 Å². The van der Waals surface area contributed by atoms with Crippen LogP contribution in [-0.4, -0.2) is 65.5 Å². The SMILES string of the molecule is CCOCC(=O)N1C[C@H]2CC[C@@H]1CN(C(=O)c1ccncc1)C2. The summed E-state index contributed by atoms with van der Waals surface area (Å²) in [6.45, 7) is 4.62. The van der Waals surface area contributed by atoms with E-state index in [2.05, 4.69) is 4.98 Å². The van der Waals surface area contributed by atoms with Gasteiger partial charge in [-0.3, -0.25) is 14.6 Å². The van der Waals surface area contributed by atoms with E-state index in [1.54, 1.807) is 24.5 Å². The number of fused-ring (bicyclic) bond motifs is 4. The Kier molecular flexibility index (Phi) is 4.91. The molecule has 124 valence electrons. The molecule has 2 bridgehead atoms. The summed E-state index contributed by atoms with van der Waals surface area (Å²) in [6.07, 6.45) is 5.31. The fourth-order valence-electron chi connectivity index (χ4n) is 3.50. The zero-order valence-corrected chi connectivity index (χ0v) is 13.5. The summed E-state index contributed by atoms with van der Waals surface area (Å²) in [6, 6.07) is 3.59. The van der Waals surface area contributed by atoms with Gasteiger partial charge in [-0.25, -0.2) is 0 Å². The Morgan fingerprint density at radius 3 is 2.74 bits per heavy atom. The van der Waals surface area contributed by atoms with Crippen LogP contribution in [-0.2, 0) is 9.53 Å². The van der Waals surface area contributed by atoms with Gasteiger partial charge >= 0.3 is 0 Å². The molecule has 2 amide bonds. The first-order chi connectivity index (χ1) is 11.2. The molecule has 6 nitrogen and oxygen atoms in total. The van der Waals surface area contributed by atoms with Crippen molar-refractivity contribution in [1.82, 2.24) is 14.8 Å². The van der Waals surface area contributed by atoms with Crippen molar-refractivity contribution in [3.05, 3.63) is 30.1 Å². The summed E-state index contributed by atoms with van der Waals surface area (Å²) >= 11 is 0.